The number of amides is 1. The predicted octanol–water partition coefficient (Wildman–Crippen LogP) is 4.53. The van der Waals surface area contributed by atoms with Gasteiger partial charge in [0.1, 0.15) is 17.5 Å². The molecule has 2 aliphatic heterocycles. The van der Waals surface area contributed by atoms with Crippen molar-refractivity contribution in [2.45, 2.75) is 6.18 Å². The fourth-order valence-corrected chi connectivity index (χ4v) is 5.18. The minimum atomic E-state index is -4.91. The third-order valence-electron chi connectivity index (χ3n) is 7.42. The molecule has 224 valence electrons. The highest BCUT2D eigenvalue weighted by Crippen LogP contribution is 2.35. The Kier molecular flexibility index (Phi) is 7.74. The van der Waals surface area contributed by atoms with Gasteiger partial charge in [-0.05, 0) is 36.4 Å². The molecule has 0 atom stereocenters. The van der Waals surface area contributed by atoms with Crippen LogP contribution < -0.4 is 24.9 Å². The fourth-order valence-electron chi connectivity index (χ4n) is 5.18. The van der Waals surface area contributed by atoms with E-state index >= 15 is 0 Å². The highest BCUT2D eigenvalue weighted by atomic mass is 19.4. The summed E-state index contributed by atoms with van der Waals surface area (Å²) in [7, 11) is 0. The smallest absolute Gasteiger partial charge is 0.417 e. The maximum absolute atomic E-state index is 14.2. The zero-order chi connectivity index (χ0) is 30.0. The molecule has 0 saturated carbocycles. The standard InChI is InChI=1S/C29H28F4N8O2/c30-21-5-1-2-6-22(21)38-11-17-41(18-12-38)28-37-26(29(31,32)33)25(43-28)27(42)36-20-8-9-24(35-19-20)40-15-13-39(14-16-40)23-7-3-4-10-34-23/h1-10,19H,11-18H2,(H,36,42). The van der Waals surface area contributed by atoms with Crippen molar-refractivity contribution in [3.05, 3.63) is 84.3 Å². The molecule has 2 aliphatic rings. The lowest BCUT2D eigenvalue weighted by Gasteiger charge is -2.36. The van der Waals surface area contributed by atoms with Crippen molar-refractivity contribution < 1.29 is 26.8 Å². The second-order valence-electron chi connectivity index (χ2n) is 10.1. The third kappa shape index (κ3) is 6.17. The van der Waals surface area contributed by atoms with Crippen LogP contribution in [0.2, 0.25) is 0 Å². The molecule has 4 aromatic rings. The van der Waals surface area contributed by atoms with Crippen molar-refractivity contribution in [3.8, 4) is 0 Å². The van der Waals surface area contributed by atoms with E-state index in [2.05, 4.69) is 30.1 Å². The number of hydrogen-bond donors (Lipinski definition) is 1. The van der Waals surface area contributed by atoms with Gasteiger partial charge in [0.05, 0.1) is 17.6 Å². The van der Waals surface area contributed by atoms with Gasteiger partial charge in [-0.1, -0.05) is 18.2 Å². The minimum absolute atomic E-state index is 0.213. The van der Waals surface area contributed by atoms with E-state index in [0.29, 0.717) is 37.7 Å². The summed E-state index contributed by atoms with van der Waals surface area (Å²) in [6.07, 6.45) is -1.77. The van der Waals surface area contributed by atoms with Crippen LogP contribution in [0, 0.1) is 5.82 Å². The van der Waals surface area contributed by atoms with Crippen molar-refractivity contribution in [1.82, 2.24) is 15.0 Å². The summed E-state index contributed by atoms with van der Waals surface area (Å²) < 4.78 is 61.1. The summed E-state index contributed by atoms with van der Waals surface area (Å²) in [5, 5.41) is 2.44. The number of nitrogens with one attached hydrogen (secondary N) is 1. The Morgan fingerprint density at radius 2 is 1.40 bits per heavy atom. The van der Waals surface area contributed by atoms with Gasteiger partial charge in [0, 0.05) is 58.6 Å². The van der Waals surface area contributed by atoms with E-state index in [0.717, 1.165) is 18.9 Å². The summed E-state index contributed by atoms with van der Waals surface area (Å²) >= 11 is 0. The SMILES string of the molecule is O=C(Nc1ccc(N2CCN(c3ccccn3)CC2)nc1)c1oc(N2CCN(c3ccccc3F)CC2)nc1C(F)(F)F. The molecule has 0 radical (unpaired) electrons. The van der Waals surface area contributed by atoms with E-state index in [1.807, 2.05) is 18.2 Å². The van der Waals surface area contributed by atoms with E-state index < -0.39 is 23.5 Å². The number of nitrogens with zero attached hydrogens (tertiary/aromatic N) is 7. The summed E-state index contributed by atoms with van der Waals surface area (Å²) in [6.45, 7) is 4.06. The first kappa shape index (κ1) is 28.2. The zero-order valence-electron chi connectivity index (χ0n) is 23.0. The number of rotatable bonds is 6. The molecule has 2 saturated heterocycles. The molecule has 14 heteroatoms. The number of para-hydroxylation sites is 1. The Balaban J connectivity index is 1.10. The van der Waals surface area contributed by atoms with E-state index in [9.17, 15) is 22.4 Å². The number of pyridine rings is 2. The van der Waals surface area contributed by atoms with Crippen LogP contribution in [0.25, 0.3) is 0 Å². The second kappa shape index (κ2) is 11.8. The molecule has 0 unspecified atom stereocenters. The van der Waals surface area contributed by atoms with Crippen molar-refractivity contribution >= 4 is 34.9 Å². The molecule has 0 aliphatic carbocycles. The van der Waals surface area contributed by atoms with Crippen molar-refractivity contribution in [3.63, 3.8) is 0 Å². The highest BCUT2D eigenvalue weighted by Gasteiger charge is 2.42. The van der Waals surface area contributed by atoms with Crippen LogP contribution in [0.4, 0.5) is 46.6 Å². The Hall–Kier alpha value is -4.88. The van der Waals surface area contributed by atoms with E-state index in [1.165, 1.54) is 17.2 Å². The first-order valence-electron chi connectivity index (χ1n) is 13.8. The van der Waals surface area contributed by atoms with Gasteiger partial charge in [0.25, 0.3) is 11.9 Å². The molecule has 3 aromatic heterocycles. The lowest BCUT2D eigenvalue weighted by Crippen LogP contribution is -2.47. The molecule has 0 spiro atoms. The number of carbonyl (C=O) groups is 1. The normalized spacial score (nSPS) is 16.0. The van der Waals surface area contributed by atoms with Crippen LogP contribution in [0.3, 0.4) is 0 Å². The molecule has 6 rings (SSSR count). The Morgan fingerprint density at radius 3 is 2.00 bits per heavy atom. The van der Waals surface area contributed by atoms with Gasteiger partial charge < -0.3 is 29.3 Å². The predicted molar refractivity (Wildman–Crippen MR) is 153 cm³/mol. The maximum atomic E-state index is 14.2. The van der Waals surface area contributed by atoms with Gasteiger partial charge in [0.15, 0.2) is 5.69 Å². The minimum Gasteiger partial charge on any atom is -0.417 e. The number of aromatic nitrogens is 3. The molecule has 0 bridgehead atoms. The number of carbonyl (C=O) groups excluding carboxylic acids is 1. The van der Waals surface area contributed by atoms with Gasteiger partial charge in [-0.25, -0.2) is 14.4 Å². The number of piperazine rings is 2. The first-order valence-corrected chi connectivity index (χ1v) is 13.8. The van der Waals surface area contributed by atoms with Gasteiger partial charge in [-0.3, -0.25) is 4.79 Å². The summed E-state index contributed by atoms with van der Waals surface area (Å²) in [4.78, 5) is 32.9. The van der Waals surface area contributed by atoms with Crippen molar-refractivity contribution in [2.75, 3.05) is 77.3 Å². The second-order valence-corrected chi connectivity index (χ2v) is 10.1. The quantitative estimate of drug-likeness (QED) is 0.323. The molecule has 10 nitrogen and oxygen atoms in total. The number of hydrogen-bond acceptors (Lipinski definition) is 9. The molecule has 1 aromatic carbocycles. The van der Waals surface area contributed by atoms with Gasteiger partial charge in [0.2, 0.25) is 5.76 Å². The van der Waals surface area contributed by atoms with Gasteiger partial charge >= 0.3 is 6.18 Å². The average molecular weight is 597 g/mol. The van der Waals surface area contributed by atoms with Crippen LogP contribution in [-0.2, 0) is 6.18 Å². The molecule has 1 amide bonds. The lowest BCUT2D eigenvalue weighted by atomic mass is 10.2. The fraction of sp³-hybridized carbons (Fsp3) is 0.310. The van der Waals surface area contributed by atoms with Crippen LogP contribution in [0.1, 0.15) is 16.2 Å². The number of benzene rings is 1. The zero-order valence-corrected chi connectivity index (χ0v) is 23.0. The molecule has 5 heterocycles. The number of oxazole rings is 1. The van der Waals surface area contributed by atoms with Crippen LogP contribution in [-0.4, -0.2) is 73.2 Å². The van der Waals surface area contributed by atoms with Crippen LogP contribution in [0.15, 0.2) is 71.4 Å². The highest BCUT2D eigenvalue weighted by molar-refractivity contribution is 6.03. The Bertz CT molecular complexity index is 1550. The van der Waals surface area contributed by atoms with Crippen LogP contribution >= 0.6 is 0 Å². The van der Waals surface area contributed by atoms with Crippen molar-refractivity contribution in [2.24, 2.45) is 0 Å². The maximum Gasteiger partial charge on any atom is 0.437 e. The molecule has 43 heavy (non-hydrogen) atoms. The van der Waals surface area contributed by atoms with E-state index in [4.69, 9.17) is 4.42 Å². The van der Waals surface area contributed by atoms with Crippen LogP contribution in [0.5, 0.6) is 0 Å². The Labute approximate surface area is 244 Å². The summed E-state index contributed by atoms with van der Waals surface area (Å²) in [5.74, 6) is -0.808. The number of halogens is 4. The van der Waals surface area contributed by atoms with E-state index in [-0.39, 0.29) is 30.6 Å². The van der Waals surface area contributed by atoms with E-state index in [1.54, 1.807) is 41.4 Å². The Morgan fingerprint density at radius 1 is 0.767 bits per heavy atom. The largest absolute Gasteiger partial charge is 0.437 e. The van der Waals surface area contributed by atoms with Gasteiger partial charge in [-0.15, -0.1) is 0 Å². The van der Waals surface area contributed by atoms with Crippen molar-refractivity contribution in [1.29, 1.82) is 0 Å². The summed E-state index contributed by atoms with van der Waals surface area (Å²) in [5.41, 5.74) is -0.783. The topological polar surface area (TPSA) is 93.9 Å². The molecular weight excluding hydrogens is 568 g/mol. The first-order chi connectivity index (χ1) is 20.8. The molecular formula is C29H28F4N8O2. The third-order valence-corrected chi connectivity index (χ3v) is 7.42. The average Bonchev–Trinajstić information content (AvgIpc) is 3.49. The number of anilines is 5. The molecule has 2 fully saturated rings. The lowest BCUT2D eigenvalue weighted by molar-refractivity contribution is -0.141. The monoisotopic (exact) mass is 596 g/mol. The van der Waals surface area contributed by atoms with Gasteiger partial charge in [-0.2, -0.15) is 18.2 Å². The molecule has 1 N–H and O–H groups in total. The number of alkyl halides is 3. The summed E-state index contributed by atoms with van der Waals surface area (Å²) in [6, 6.07) is 15.0.